The summed E-state index contributed by atoms with van der Waals surface area (Å²) in [5.41, 5.74) is 1.88. The maximum absolute atomic E-state index is 12.4. The van der Waals surface area contributed by atoms with E-state index in [0.717, 1.165) is 20.7 Å². The first kappa shape index (κ1) is 10.8. The number of imidazole rings is 1. The molecule has 0 unspecified atom stereocenters. The molecular formula is C14H9N3OSe. The van der Waals surface area contributed by atoms with Gasteiger partial charge < -0.3 is 0 Å². The Morgan fingerprint density at radius 2 is 1.84 bits per heavy atom. The van der Waals surface area contributed by atoms with Crippen molar-refractivity contribution in [2.45, 2.75) is 0 Å². The Hall–Kier alpha value is -2.10. The van der Waals surface area contributed by atoms with Gasteiger partial charge in [0.05, 0.1) is 0 Å². The molecule has 2 heterocycles. The number of para-hydroxylation sites is 2. The monoisotopic (exact) mass is 315 g/mol. The number of nitrogens with zero attached hydrogens (tertiary/aromatic N) is 2. The summed E-state index contributed by atoms with van der Waals surface area (Å²) in [7, 11) is 0. The van der Waals surface area contributed by atoms with Gasteiger partial charge in [-0.25, -0.2) is 0 Å². The maximum atomic E-state index is 12.4. The number of benzene rings is 2. The molecule has 0 amide bonds. The number of nitrogens with one attached hydrogen (secondary N) is 1. The molecule has 0 atom stereocenters. The number of aromatic nitrogens is 3. The SMILES string of the molecule is O=c1c2ccccc2[se]n1-c1nc2ccccc2[nH]1. The summed E-state index contributed by atoms with van der Waals surface area (Å²) in [6, 6.07) is 15.6. The molecule has 5 heteroatoms. The van der Waals surface area contributed by atoms with Crippen LogP contribution in [0.15, 0.2) is 53.3 Å². The van der Waals surface area contributed by atoms with Crippen LogP contribution in [0, 0.1) is 0 Å². The second kappa shape index (κ2) is 3.95. The van der Waals surface area contributed by atoms with Gasteiger partial charge in [-0.1, -0.05) is 0 Å². The molecule has 0 aliphatic rings. The van der Waals surface area contributed by atoms with E-state index in [4.69, 9.17) is 0 Å². The number of hydrogen-bond donors (Lipinski definition) is 1. The number of H-pyrrole nitrogens is 1. The predicted octanol–water partition coefficient (Wildman–Crippen LogP) is 1.92. The van der Waals surface area contributed by atoms with Gasteiger partial charge in [-0.15, -0.1) is 0 Å². The van der Waals surface area contributed by atoms with E-state index in [0.29, 0.717) is 5.95 Å². The van der Waals surface area contributed by atoms with Gasteiger partial charge in [0, 0.05) is 0 Å². The van der Waals surface area contributed by atoms with Gasteiger partial charge >= 0.3 is 114 Å². The summed E-state index contributed by atoms with van der Waals surface area (Å²) in [6.07, 6.45) is 0. The van der Waals surface area contributed by atoms with Crippen LogP contribution in [-0.2, 0) is 0 Å². The zero-order valence-electron chi connectivity index (χ0n) is 9.83. The molecule has 92 valence electrons. The molecule has 0 spiro atoms. The predicted molar refractivity (Wildman–Crippen MR) is 76.1 cm³/mol. The van der Waals surface area contributed by atoms with Gasteiger partial charge in [0.25, 0.3) is 0 Å². The molecule has 19 heavy (non-hydrogen) atoms. The number of hydrogen-bond acceptors (Lipinski definition) is 2. The second-order valence-electron chi connectivity index (χ2n) is 4.26. The molecule has 4 nitrogen and oxygen atoms in total. The fourth-order valence-electron chi connectivity index (χ4n) is 2.15. The van der Waals surface area contributed by atoms with Crippen LogP contribution in [-0.4, -0.2) is 28.3 Å². The van der Waals surface area contributed by atoms with Crippen LogP contribution in [0.2, 0.25) is 0 Å². The fourth-order valence-corrected chi connectivity index (χ4v) is 4.13. The Balaban J connectivity index is 2.03. The van der Waals surface area contributed by atoms with Gasteiger partial charge in [-0.05, 0) is 0 Å². The number of fused-ring (bicyclic) bond motifs is 2. The molecular weight excluding hydrogens is 305 g/mol. The van der Waals surface area contributed by atoms with Crippen molar-refractivity contribution < 1.29 is 0 Å². The van der Waals surface area contributed by atoms with Crippen LogP contribution in [0.4, 0.5) is 0 Å². The molecule has 2 aromatic carbocycles. The van der Waals surface area contributed by atoms with Gasteiger partial charge in [0.1, 0.15) is 0 Å². The Morgan fingerprint density at radius 3 is 2.68 bits per heavy atom. The number of rotatable bonds is 1. The first-order valence-corrected chi connectivity index (χ1v) is 7.51. The first-order valence-electron chi connectivity index (χ1n) is 5.89. The van der Waals surface area contributed by atoms with Crippen LogP contribution in [0.3, 0.4) is 0 Å². The van der Waals surface area contributed by atoms with Gasteiger partial charge in [0.15, 0.2) is 0 Å². The second-order valence-corrected chi connectivity index (χ2v) is 6.34. The summed E-state index contributed by atoms with van der Waals surface area (Å²) in [6.45, 7) is 0. The zero-order valence-corrected chi connectivity index (χ0v) is 11.5. The van der Waals surface area contributed by atoms with Crippen molar-refractivity contribution in [2.24, 2.45) is 0 Å². The topological polar surface area (TPSA) is 50.7 Å². The third-order valence-electron chi connectivity index (χ3n) is 3.06. The van der Waals surface area contributed by atoms with Crippen LogP contribution in [0.5, 0.6) is 0 Å². The molecule has 4 rings (SSSR count). The molecule has 0 aliphatic carbocycles. The van der Waals surface area contributed by atoms with Crippen molar-refractivity contribution >= 4 is 35.4 Å². The van der Waals surface area contributed by atoms with Crippen LogP contribution < -0.4 is 5.56 Å². The molecule has 4 aromatic rings. The zero-order chi connectivity index (χ0) is 12.8. The van der Waals surface area contributed by atoms with E-state index in [1.807, 2.05) is 48.5 Å². The van der Waals surface area contributed by atoms with Crippen LogP contribution in [0.1, 0.15) is 0 Å². The molecule has 0 bridgehead atoms. The minimum atomic E-state index is -0.0401. The van der Waals surface area contributed by atoms with E-state index >= 15 is 0 Å². The van der Waals surface area contributed by atoms with Crippen molar-refractivity contribution in [3.63, 3.8) is 0 Å². The van der Waals surface area contributed by atoms with Crippen LogP contribution >= 0.6 is 0 Å². The molecule has 1 N–H and O–H groups in total. The summed E-state index contributed by atoms with van der Waals surface area (Å²) >= 11 is -0.0401. The molecule has 0 radical (unpaired) electrons. The minimum absolute atomic E-state index is 0.0367. The van der Waals surface area contributed by atoms with Crippen molar-refractivity contribution in [3.05, 3.63) is 58.9 Å². The number of aromatic amines is 1. The summed E-state index contributed by atoms with van der Waals surface area (Å²) in [5, 5.41) is 0.794. The summed E-state index contributed by atoms with van der Waals surface area (Å²) in [5.74, 6) is 0.641. The summed E-state index contributed by atoms with van der Waals surface area (Å²) < 4.78 is 2.86. The Kier molecular flexibility index (Phi) is 2.24. The van der Waals surface area contributed by atoms with Crippen LogP contribution in [0.25, 0.3) is 26.6 Å². The van der Waals surface area contributed by atoms with Gasteiger partial charge in [-0.2, -0.15) is 0 Å². The Morgan fingerprint density at radius 1 is 1.05 bits per heavy atom. The molecule has 0 aliphatic heterocycles. The van der Waals surface area contributed by atoms with Crippen molar-refractivity contribution in [1.29, 1.82) is 0 Å². The van der Waals surface area contributed by atoms with Gasteiger partial charge in [-0.3, -0.25) is 0 Å². The summed E-state index contributed by atoms with van der Waals surface area (Å²) in [4.78, 5) is 20.1. The first-order chi connectivity index (χ1) is 9.33. The van der Waals surface area contributed by atoms with E-state index < -0.39 is 0 Å². The van der Waals surface area contributed by atoms with E-state index in [1.165, 1.54) is 0 Å². The average molecular weight is 314 g/mol. The normalized spacial score (nSPS) is 11.4. The van der Waals surface area contributed by atoms with E-state index in [9.17, 15) is 4.79 Å². The molecule has 0 fully saturated rings. The standard InChI is InChI=1S/C14H9N3OSe/c18-13-9-5-1-4-8-12(9)19-17(13)14-15-10-6-2-3-7-11(10)16-14/h1-8H,(H,15,16). The van der Waals surface area contributed by atoms with Crippen molar-refractivity contribution in [2.75, 3.05) is 0 Å². The third-order valence-corrected chi connectivity index (χ3v) is 5.31. The molecule has 2 aromatic heterocycles. The third kappa shape index (κ3) is 1.59. The Labute approximate surface area is 114 Å². The van der Waals surface area contributed by atoms with Crippen molar-refractivity contribution in [3.8, 4) is 5.95 Å². The van der Waals surface area contributed by atoms with E-state index in [-0.39, 0.29) is 20.3 Å². The molecule has 0 saturated heterocycles. The quantitative estimate of drug-likeness (QED) is 0.546. The Bertz CT molecular complexity index is 915. The van der Waals surface area contributed by atoms with E-state index in [2.05, 4.69) is 9.97 Å². The fraction of sp³-hybridized carbons (Fsp3) is 0. The van der Waals surface area contributed by atoms with Crippen molar-refractivity contribution in [1.82, 2.24) is 13.5 Å². The van der Waals surface area contributed by atoms with E-state index in [1.54, 1.807) is 3.56 Å². The molecule has 0 saturated carbocycles. The van der Waals surface area contributed by atoms with Gasteiger partial charge in [0.2, 0.25) is 0 Å². The average Bonchev–Trinajstić information content (AvgIpc) is 3.00.